The molecule has 0 unspecified atom stereocenters. The third kappa shape index (κ3) is 3.26. The lowest BCUT2D eigenvalue weighted by molar-refractivity contribution is 0.102. The molecule has 0 saturated carbocycles. The van der Waals surface area contributed by atoms with Crippen LogP contribution < -0.4 is 15.8 Å². The third-order valence-electron chi connectivity index (χ3n) is 2.68. The predicted molar refractivity (Wildman–Crippen MR) is 76.4 cm³/mol. The summed E-state index contributed by atoms with van der Waals surface area (Å²) >= 11 is 0. The summed E-state index contributed by atoms with van der Waals surface area (Å²) in [6.45, 7) is 2.47. The van der Waals surface area contributed by atoms with Gasteiger partial charge in [-0.25, -0.2) is 4.39 Å². The van der Waals surface area contributed by atoms with Gasteiger partial charge in [0.25, 0.3) is 5.91 Å². The molecule has 0 aromatic heterocycles. The smallest absolute Gasteiger partial charge is 0.257 e. The van der Waals surface area contributed by atoms with Crippen LogP contribution in [0.2, 0.25) is 0 Å². The number of anilines is 2. The first kappa shape index (κ1) is 13.9. The minimum Gasteiger partial charge on any atom is -0.494 e. The van der Waals surface area contributed by atoms with Crippen molar-refractivity contribution in [2.75, 3.05) is 17.7 Å². The molecule has 0 aliphatic carbocycles. The first-order chi connectivity index (χ1) is 9.60. The molecule has 0 spiro atoms. The van der Waals surface area contributed by atoms with Gasteiger partial charge in [-0.3, -0.25) is 4.79 Å². The summed E-state index contributed by atoms with van der Waals surface area (Å²) < 4.78 is 18.4. The molecule has 0 aliphatic rings. The number of carbonyl (C=O) groups is 1. The van der Waals surface area contributed by atoms with Gasteiger partial charge in [0.2, 0.25) is 0 Å². The van der Waals surface area contributed by atoms with Crippen molar-refractivity contribution >= 4 is 17.3 Å². The van der Waals surface area contributed by atoms with Crippen LogP contribution >= 0.6 is 0 Å². The molecule has 0 atom stereocenters. The van der Waals surface area contributed by atoms with Crippen molar-refractivity contribution in [3.63, 3.8) is 0 Å². The maximum absolute atomic E-state index is 13.1. The van der Waals surface area contributed by atoms with E-state index >= 15 is 0 Å². The molecule has 2 rings (SSSR count). The van der Waals surface area contributed by atoms with Crippen LogP contribution in [0.3, 0.4) is 0 Å². The van der Waals surface area contributed by atoms with Crippen molar-refractivity contribution in [2.24, 2.45) is 0 Å². The van der Waals surface area contributed by atoms with Gasteiger partial charge in [-0.15, -0.1) is 0 Å². The van der Waals surface area contributed by atoms with E-state index in [1.54, 1.807) is 24.3 Å². The van der Waals surface area contributed by atoms with Gasteiger partial charge in [0.15, 0.2) is 0 Å². The highest BCUT2D eigenvalue weighted by atomic mass is 19.1. The Morgan fingerprint density at radius 1 is 1.25 bits per heavy atom. The molecular weight excluding hydrogens is 259 g/mol. The lowest BCUT2D eigenvalue weighted by Gasteiger charge is -2.08. The highest BCUT2D eigenvalue weighted by Gasteiger charge is 2.11. The maximum atomic E-state index is 13.1. The van der Waals surface area contributed by atoms with Gasteiger partial charge >= 0.3 is 0 Å². The topological polar surface area (TPSA) is 64.3 Å². The van der Waals surface area contributed by atoms with E-state index in [1.807, 2.05) is 6.92 Å². The van der Waals surface area contributed by atoms with Gasteiger partial charge in [0.05, 0.1) is 12.2 Å². The second kappa shape index (κ2) is 6.06. The van der Waals surface area contributed by atoms with Crippen LogP contribution in [0.1, 0.15) is 17.3 Å². The van der Waals surface area contributed by atoms with Crippen molar-refractivity contribution < 1.29 is 13.9 Å². The fourth-order valence-electron chi connectivity index (χ4n) is 1.72. The molecule has 3 N–H and O–H groups in total. The standard InChI is InChI=1S/C15H15FN2O2/c1-2-20-12-6-4-11(5-7-12)18-15(19)13-9-10(16)3-8-14(13)17/h3-9H,2,17H2,1H3,(H,18,19). The lowest BCUT2D eigenvalue weighted by Crippen LogP contribution is -2.14. The van der Waals surface area contributed by atoms with Crippen molar-refractivity contribution in [3.8, 4) is 5.75 Å². The fraction of sp³-hybridized carbons (Fsp3) is 0.133. The molecule has 0 fully saturated rings. The van der Waals surface area contributed by atoms with Gasteiger partial charge in [0.1, 0.15) is 11.6 Å². The van der Waals surface area contributed by atoms with E-state index in [4.69, 9.17) is 10.5 Å². The van der Waals surface area contributed by atoms with Gasteiger partial charge in [-0.2, -0.15) is 0 Å². The number of halogens is 1. The Labute approximate surface area is 116 Å². The van der Waals surface area contributed by atoms with Crippen molar-refractivity contribution in [3.05, 3.63) is 53.8 Å². The average molecular weight is 274 g/mol. The molecule has 20 heavy (non-hydrogen) atoms. The molecule has 2 aromatic rings. The Kier molecular flexibility index (Phi) is 4.20. The zero-order chi connectivity index (χ0) is 14.5. The Balaban J connectivity index is 2.13. The molecule has 104 valence electrons. The largest absolute Gasteiger partial charge is 0.494 e. The van der Waals surface area contributed by atoms with E-state index in [-0.39, 0.29) is 11.3 Å². The zero-order valence-electron chi connectivity index (χ0n) is 11.0. The molecule has 0 heterocycles. The van der Waals surface area contributed by atoms with Gasteiger partial charge in [-0.05, 0) is 49.4 Å². The van der Waals surface area contributed by atoms with Crippen LogP contribution in [0.15, 0.2) is 42.5 Å². The first-order valence-corrected chi connectivity index (χ1v) is 6.19. The average Bonchev–Trinajstić information content (AvgIpc) is 2.44. The molecule has 0 aliphatic heterocycles. The molecule has 1 amide bonds. The van der Waals surface area contributed by atoms with Crippen molar-refractivity contribution in [2.45, 2.75) is 6.92 Å². The maximum Gasteiger partial charge on any atom is 0.257 e. The summed E-state index contributed by atoms with van der Waals surface area (Å²) in [6.07, 6.45) is 0. The lowest BCUT2D eigenvalue weighted by atomic mass is 10.1. The number of rotatable bonds is 4. The number of ether oxygens (including phenoxy) is 1. The van der Waals surface area contributed by atoms with Crippen molar-refractivity contribution in [1.29, 1.82) is 0 Å². The monoisotopic (exact) mass is 274 g/mol. The van der Waals surface area contributed by atoms with Crippen LogP contribution in [0.4, 0.5) is 15.8 Å². The Morgan fingerprint density at radius 2 is 1.95 bits per heavy atom. The van der Waals surface area contributed by atoms with E-state index in [0.29, 0.717) is 12.3 Å². The van der Waals surface area contributed by atoms with Gasteiger partial charge < -0.3 is 15.8 Å². The Bertz CT molecular complexity index is 612. The molecule has 2 aromatic carbocycles. The van der Waals surface area contributed by atoms with E-state index in [2.05, 4.69) is 5.32 Å². The van der Waals surface area contributed by atoms with Crippen LogP contribution in [0.25, 0.3) is 0 Å². The van der Waals surface area contributed by atoms with Crippen LogP contribution in [0.5, 0.6) is 5.75 Å². The van der Waals surface area contributed by atoms with Crippen LogP contribution in [-0.2, 0) is 0 Å². The van der Waals surface area contributed by atoms with Crippen LogP contribution in [0, 0.1) is 5.82 Å². The molecule has 0 bridgehead atoms. The highest BCUT2D eigenvalue weighted by Crippen LogP contribution is 2.18. The number of nitrogens with one attached hydrogen (secondary N) is 1. The second-order valence-electron chi connectivity index (χ2n) is 4.14. The summed E-state index contributed by atoms with van der Waals surface area (Å²) in [7, 11) is 0. The number of nitrogens with two attached hydrogens (primary N) is 1. The quantitative estimate of drug-likeness (QED) is 0.842. The molecule has 0 saturated heterocycles. The fourth-order valence-corrected chi connectivity index (χ4v) is 1.72. The summed E-state index contributed by atoms with van der Waals surface area (Å²) in [5.41, 5.74) is 6.59. The minimum absolute atomic E-state index is 0.110. The third-order valence-corrected chi connectivity index (χ3v) is 2.68. The highest BCUT2D eigenvalue weighted by molar-refractivity contribution is 6.07. The van der Waals surface area contributed by atoms with E-state index in [1.165, 1.54) is 12.1 Å². The summed E-state index contributed by atoms with van der Waals surface area (Å²) in [5.74, 6) is -0.238. The number of benzene rings is 2. The predicted octanol–water partition coefficient (Wildman–Crippen LogP) is 3.06. The number of amides is 1. The van der Waals surface area contributed by atoms with E-state index in [9.17, 15) is 9.18 Å². The normalized spacial score (nSPS) is 10.1. The number of nitrogen functional groups attached to an aromatic ring is 1. The van der Waals surface area contributed by atoms with Crippen molar-refractivity contribution in [1.82, 2.24) is 0 Å². The van der Waals surface area contributed by atoms with Gasteiger partial charge in [-0.1, -0.05) is 0 Å². The first-order valence-electron chi connectivity index (χ1n) is 6.19. The SMILES string of the molecule is CCOc1ccc(NC(=O)c2cc(F)ccc2N)cc1. The summed E-state index contributed by atoms with van der Waals surface area (Å²) in [4.78, 5) is 12.0. The Hall–Kier alpha value is -2.56. The number of carbonyl (C=O) groups excluding carboxylic acids is 1. The summed E-state index contributed by atoms with van der Waals surface area (Å²) in [5, 5.41) is 2.65. The molecular formula is C15H15FN2O2. The zero-order valence-corrected chi connectivity index (χ0v) is 11.0. The summed E-state index contributed by atoms with van der Waals surface area (Å²) in [6, 6.07) is 10.6. The molecule has 4 nitrogen and oxygen atoms in total. The second-order valence-corrected chi connectivity index (χ2v) is 4.14. The molecule has 0 radical (unpaired) electrons. The van der Waals surface area contributed by atoms with E-state index in [0.717, 1.165) is 11.8 Å². The van der Waals surface area contributed by atoms with Gasteiger partial charge in [0, 0.05) is 11.4 Å². The molecule has 5 heteroatoms. The number of hydrogen-bond donors (Lipinski definition) is 2. The Morgan fingerprint density at radius 3 is 2.60 bits per heavy atom. The van der Waals surface area contributed by atoms with Crippen LogP contribution in [-0.4, -0.2) is 12.5 Å². The number of hydrogen-bond acceptors (Lipinski definition) is 3. The minimum atomic E-state index is -0.504. The van der Waals surface area contributed by atoms with E-state index < -0.39 is 11.7 Å².